The number of rotatable bonds is 9. The van der Waals surface area contributed by atoms with Crippen LogP contribution in [0.3, 0.4) is 0 Å². The number of hydrogen-bond acceptors (Lipinski definition) is 4. The van der Waals surface area contributed by atoms with Crippen molar-refractivity contribution in [3.8, 4) is 0 Å². The molecule has 4 N–H and O–H groups in total. The van der Waals surface area contributed by atoms with Crippen LogP contribution in [0.25, 0.3) is 6.08 Å². The highest BCUT2D eigenvalue weighted by atomic mass is 32.2. The molecular weight excluding hydrogens is 426 g/mol. The number of sulfonamides is 1. The van der Waals surface area contributed by atoms with Gasteiger partial charge in [0.25, 0.3) is 0 Å². The normalized spacial score (nSPS) is 13.7. The SMILES string of the molecule is C=C/C=C(/C=C/C(=O)NCc1cc(F)c(NS(C)(=O)=O)c(C=C)c1)C(N)C(F)(F)F. The Kier molecular flexibility index (Phi) is 8.55. The van der Waals surface area contributed by atoms with Gasteiger partial charge in [0.2, 0.25) is 15.9 Å². The fraction of sp³-hybridized carbons (Fsp3) is 0.211. The molecule has 1 rings (SSSR count). The molecule has 0 aliphatic rings. The van der Waals surface area contributed by atoms with Gasteiger partial charge in [-0.25, -0.2) is 12.8 Å². The first-order chi connectivity index (χ1) is 13.8. The van der Waals surface area contributed by atoms with E-state index in [1.165, 1.54) is 12.1 Å². The summed E-state index contributed by atoms with van der Waals surface area (Å²) in [5, 5.41) is 2.38. The number of nitrogens with two attached hydrogens (primary N) is 1. The first kappa shape index (κ1) is 25.1. The lowest BCUT2D eigenvalue weighted by molar-refractivity contribution is -0.138. The summed E-state index contributed by atoms with van der Waals surface area (Å²) in [6.07, 6.45) is 1.29. The molecular formula is C19H21F4N3O3S. The van der Waals surface area contributed by atoms with Crippen molar-refractivity contribution in [3.63, 3.8) is 0 Å². The van der Waals surface area contributed by atoms with Gasteiger partial charge in [-0.15, -0.1) is 0 Å². The number of allylic oxidation sites excluding steroid dienone is 2. The Bertz CT molecular complexity index is 983. The Hall–Kier alpha value is -2.92. The number of amides is 1. The zero-order valence-corrected chi connectivity index (χ0v) is 16.8. The third kappa shape index (κ3) is 7.84. The lowest BCUT2D eigenvalue weighted by Gasteiger charge is -2.16. The van der Waals surface area contributed by atoms with Crippen LogP contribution >= 0.6 is 0 Å². The number of nitrogens with one attached hydrogen (secondary N) is 2. The van der Waals surface area contributed by atoms with E-state index in [9.17, 15) is 30.8 Å². The molecule has 0 saturated heterocycles. The molecule has 0 aliphatic heterocycles. The molecule has 1 unspecified atom stereocenters. The van der Waals surface area contributed by atoms with E-state index in [0.717, 1.165) is 36.6 Å². The minimum atomic E-state index is -4.70. The van der Waals surface area contributed by atoms with Crippen LogP contribution in [0.4, 0.5) is 23.2 Å². The smallest absolute Gasteiger partial charge is 0.348 e. The van der Waals surface area contributed by atoms with Crippen molar-refractivity contribution in [2.45, 2.75) is 18.8 Å². The van der Waals surface area contributed by atoms with Gasteiger partial charge in [0, 0.05) is 18.2 Å². The number of carbonyl (C=O) groups excluding carboxylic acids is 1. The van der Waals surface area contributed by atoms with E-state index < -0.39 is 34.0 Å². The molecule has 30 heavy (non-hydrogen) atoms. The molecule has 1 amide bonds. The van der Waals surface area contributed by atoms with Crippen molar-refractivity contribution in [2.24, 2.45) is 5.73 Å². The van der Waals surface area contributed by atoms with Crippen molar-refractivity contribution < 1.29 is 30.8 Å². The average molecular weight is 447 g/mol. The summed E-state index contributed by atoms with van der Waals surface area (Å²) in [6.45, 7) is 6.61. The second kappa shape index (κ2) is 10.2. The van der Waals surface area contributed by atoms with Gasteiger partial charge >= 0.3 is 6.18 Å². The van der Waals surface area contributed by atoms with E-state index in [-0.39, 0.29) is 28.9 Å². The first-order valence-electron chi connectivity index (χ1n) is 8.32. The summed E-state index contributed by atoms with van der Waals surface area (Å²) in [5.41, 5.74) is 4.88. The number of carbonyl (C=O) groups is 1. The van der Waals surface area contributed by atoms with Crippen LogP contribution in [0.2, 0.25) is 0 Å². The molecule has 0 fully saturated rings. The molecule has 11 heteroatoms. The summed E-state index contributed by atoms with van der Waals surface area (Å²) in [6, 6.07) is 0.113. The molecule has 1 aromatic carbocycles. The van der Waals surface area contributed by atoms with Gasteiger partial charge in [0.15, 0.2) is 0 Å². The second-order valence-corrected chi connectivity index (χ2v) is 7.84. The van der Waals surface area contributed by atoms with Crippen molar-refractivity contribution in [1.29, 1.82) is 0 Å². The first-order valence-corrected chi connectivity index (χ1v) is 10.2. The number of hydrogen-bond donors (Lipinski definition) is 3. The summed E-state index contributed by atoms with van der Waals surface area (Å²) >= 11 is 0. The van der Waals surface area contributed by atoms with E-state index in [1.54, 1.807) is 0 Å². The maximum absolute atomic E-state index is 14.3. The van der Waals surface area contributed by atoms with E-state index in [2.05, 4.69) is 18.5 Å². The van der Waals surface area contributed by atoms with Crippen molar-refractivity contribution in [1.82, 2.24) is 5.32 Å². The zero-order chi connectivity index (χ0) is 23.1. The molecule has 0 aromatic heterocycles. The molecule has 0 saturated carbocycles. The van der Waals surface area contributed by atoms with Gasteiger partial charge < -0.3 is 11.1 Å². The molecule has 6 nitrogen and oxygen atoms in total. The van der Waals surface area contributed by atoms with E-state index >= 15 is 0 Å². The predicted molar refractivity (Wildman–Crippen MR) is 108 cm³/mol. The van der Waals surface area contributed by atoms with Gasteiger partial charge in [-0.05, 0) is 23.3 Å². The largest absolute Gasteiger partial charge is 0.407 e. The summed E-state index contributed by atoms with van der Waals surface area (Å²) in [4.78, 5) is 11.9. The standard InChI is InChI=1S/C19H21F4N3O3S/c1-4-6-14(18(24)19(21,22)23)7-8-16(27)25-11-12-9-13(5-2)17(15(20)10-12)26-30(3,28)29/h4-10,18,26H,1-2,11,24H2,3H3,(H,25,27)/b8-7+,14-6-. The lowest BCUT2D eigenvalue weighted by atomic mass is 10.1. The monoisotopic (exact) mass is 447 g/mol. The van der Waals surface area contributed by atoms with Gasteiger partial charge in [-0.2, -0.15) is 13.2 Å². The molecule has 0 bridgehead atoms. The summed E-state index contributed by atoms with van der Waals surface area (Å²) in [5.74, 6) is -1.64. The summed E-state index contributed by atoms with van der Waals surface area (Å²) < 4.78 is 77.2. The van der Waals surface area contributed by atoms with Crippen LogP contribution in [0.5, 0.6) is 0 Å². The minimum absolute atomic E-state index is 0.146. The van der Waals surface area contributed by atoms with E-state index in [1.807, 2.05) is 4.72 Å². The van der Waals surface area contributed by atoms with Gasteiger partial charge in [-0.1, -0.05) is 37.5 Å². The maximum Gasteiger partial charge on any atom is 0.407 e. The van der Waals surface area contributed by atoms with Crippen molar-refractivity contribution in [2.75, 3.05) is 11.0 Å². The Labute approximate surface area is 171 Å². The third-order valence-electron chi connectivity index (χ3n) is 3.60. The van der Waals surface area contributed by atoms with Crippen LogP contribution in [0.15, 0.2) is 55.2 Å². The number of benzene rings is 1. The van der Waals surface area contributed by atoms with Crippen LogP contribution < -0.4 is 15.8 Å². The molecule has 1 aromatic rings. The Morgan fingerprint density at radius 2 is 1.90 bits per heavy atom. The summed E-state index contributed by atoms with van der Waals surface area (Å²) in [7, 11) is -3.73. The van der Waals surface area contributed by atoms with Crippen molar-refractivity contribution >= 4 is 27.7 Å². The Morgan fingerprint density at radius 1 is 1.27 bits per heavy atom. The lowest BCUT2D eigenvalue weighted by Crippen LogP contribution is -2.38. The van der Waals surface area contributed by atoms with Crippen LogP contribution in [-0.4, -0.2) is 32.8 Å². The number of anilines is 1. The topological polar surface area (TPSA) is 101 Å². The Morgan fingerprint density at radius 3 is 2.40 bits per heavy atom. The fourth-order valence-electron chi connectivity index (χ4n) is 2.25. The highest BCUT2D eigenvalue weighted by Gasteiger charge is 2.38. The Balaban J connectivity index is 2.93. The molecule has 164 valence electrons. The molecule has 1 atom stereocenters. The molecule has 0 radical (unpaired) electrons. The molecule has 0 aliphatic carbocycles. The molecule has 0 spiro atoms. The highest BCUT2D eigenvalue weighted by molar-refractivity contribution is 7.92. The zero-order valence-electron chi connectivity index (χ0n) is 16.0. The van der Waals surface area contributed by atoms with Gasteiger partial charge in [0.1, 0.15) is 11.9 Å². The van der Waals surface area contributed by atoms with E-state index in [0.29, 0.717) is 0 Å². The van der Waals surface area contributed by atoms with Crippen LogP contribution in [-0.2, 0) is 21.4 Å². The maximum atomic E-state index is 14.3. The molecule has 0 heterocycles. The van der Waals surface area contributed by atoms with E-state index in [4.69, 9.17) is 5.73 Å². The van der Waals surface area contributed by atoms with Crippen LogP contribution in [0.1, 0.15) is 11.1 Å². The number of halogens is 4. The third-order valence-corrected chi connectivity index (χ3v) is 4.18. The van der Waals surface area contributed by atoms with Gasteiger partial charge in [0.05, 0.1) is 11.9 Å². The fourth-order valence-corrected chi connectivity index (χ4v) is 2.84. The number of alkyl halides is 3. The average Bonchev–Trinajstić information content (AvgIpc) is 2.62. The van der Waals surface area contributed by atoms with Crippen molar-refractivity contribution in [3.05, 3.63) is 72.1 Å². The highest BCUT2D eigenvalue weighted by Crippen LogP contribution is 2.25. The van der Waals surface area contributed by atoms with Gasteiger partial charge in [-0.3, -0.25) is 9.52 Å². The predicted octanol–water partition coefficient (Wildman–Crippen LogP) is 3.01. The second-order valence-electron chi connectivity index (χ2n) is 6.09. The van der Waals surface area contributed by atoms with Crippen LogP contribution in [0, 0.1) is 5.82 Å². The quantitative estimate of drug-likeness (QED) is 0.308. The minimum Gasteiger partial charge on any atom is -0.348 e.